The summed E-state index contributed by atoms with van der Waals surface area (Å²) in [6.45, 7) is 0. The van der Waals surface area contributed by atoms with E-state index in [0.717, 1.165) is 50.0 Å². The van der Waals surface area contributed by atoms with Crippen LogP contribution in [0.2, 0.25) is 0 Å². The van der Waals surface area contributed by atoms with E-state index in [9.17, 15) is 0 Å². The van der Waals surface area contributed by atoms with Gasteiger partial charge in [0.1, 0.15) is 17.0 Å². The molecule has 2 aromatic heterocycles. The van der Waals surface area contributed by atoms with Crippen LogP contribution in [-0.4, -0.2) is 9.55 Å². The summed E-state index contributed by atoms with van der Waals surface area (Å²) in [5.74, 6) is 0.881. The summed E-state index contributed by atoms with van der Waals surface area (Å²) in [5.41, 5.74) is 5.87. The average molecular weight is 410 g/mol. The minimum atomic E-state index is 0.866. The molecule has 2 heterocycles. The number of rotatable bonds is 2. The monoisotopic (exact) mass is 410 g/mol. The van der Waals surface area contributed by atoms with Crippen molar-refractivity contribution in [2.75, 3.05) is 0 Å². The molecular formula is C29H18N2O. The van der Waals surface area contributed by atoms with Crippen LogP contribution in [0.5, 0.6) is 0 Å². The van der Waals surface area contributed by atoms with Crippen molar-refractivity contribution in [2.24, 2.45) is 0 Å². The molecule has 32 heavy (non-hydrogen) atoms. The Morgan fingerprint density at radius 3 is 2.25 bits per heavy atom. The molecule has 5 aromatic carbocycles. The largest absolute Gasteiger partial charge is 0.455 e. The number of fused-ring (bicyclic) bond motifs is 5. The van der Waals surface area contributed by atoms with Crippen molar-refractivity contribution in [3.05, 3.63) is 109 Å². The van der Waals surface area contributed by atoms with Gasteiger partial charge < -0.3 is 4.42 Å². The van der Waals surface area contributed by atoms with Crippen LogP contribution in [0.1, 0.15) is 0 Å². The van der Waals surface area contributed by atoms with E-state index in [2.05, 4.69) is 102 Å². The lowest BCUT2D eigenvalue weighted by Crippen LogP contribution is -1.97. The minimum Gasteiger partial charge on any atom is -0.455 e. The molecule has 3 nitrogen and oxygen atoms in total. The van der Waals surface area contributed by atoms with Crippen molar-refractivity contribution < 1.29 is 4.42 Å². The van der Waals surface area contributed by atoms with Crippen LogP contribution in [0.15, 0.2) is 114 Å². The summed E-state index contributed by atoms with van der Waals surface area (Å²) in [6, 6.07) is 37.7. The Morgan fingerprint density at radius 1 is 0.625 bits per heavy atom. The zero-order valence-corrected chi connectivity index (χ0v) is 17.2. The number of hydrogen-bond donors (Lipinski definition) is 0. The molecule has 0 bridgehead atoms. The van der Waals surface area contributed by atoms with Crippen LogP contribution in [0.4, 0.5) is 0 Å². The summed E-state index contributed by atoms with van der Waals surface area (Å²) >= 11 is 0. The predicted molar refractivity (Wildman–Crippen MR) is 131 cm³/mol. The molecule has 0 aliphatic rings. The maximum absolute atomic E-state index is 6.48. The number of furan rings is 1. The highest BCUT2D eigenvalue weighted by Gasteiger charge is 2.19. The molecule has 0 saturated heterocycles. The van der Waals surface area contributed by atoms with Crippen LogP contribution >= 0.6 is 0 Å². The number of imidazole rings is 1. The number of hydrogen-bond acceptors (Lipinski definition) is 2. The molecule has 0 saturated carbocycles. The Labute approximate surface area is 184 Å². The average Bonchev–Trinajstić information content (AvgIpc) is 3.41. The number of para-hydroxylation sites is 4. The third kappa shape index (κ3) is 2.45. The van der Waals surface area contributed by atoms with Gasteiger partial charge in [0.2, 0.25) is 0 Å². The van der Waals surface area contributed by atoms with Crippen molar-refractivity contribution in [1.29, 1.82) is 0 Å². The molecule has 0 unspecified atom stereocenters. The van der Waals surface area contributed by atoms with E-state index in [0.29, 0.717) is 0 Å². The summed E-state index contributed by atoms with van der Waals surface area (Å²) in [6.07, 6.45) is 0. The molecule has 0 radical (unpaired) electrons. The molecule has 150 valence electrons. The lowest BCUT2D eigenvalue weighted by Gasteiger charge is -2.09. The Hall–Kier alpha value is -4.37. The van der Waals surface area contributed by atoms with Crippen molar-refractivity contribution in [2.45, 2.75) is 0 Å². The normalized spacial score (nSPS) is 11.8. The first-order valence-corrected chi connectivity index (χ1v) is 10.7. The van der Waals surface area contributed by atoms with Crippen molar-refractivity contribution in [3.8, 4) is 17.1 Å². The fraction of sp³-hybridized carbons (Fsp3) is 0. The molecule has 0 N–H and O–H groups in total. The van der Waals surface area contributed by atoms with Gasteiger partial charge in [-0.05, 0) is 53.2 Å². The molecule has 7 aromatic rings. The maximum Gasteiger partial charge on any atom is 0.149 e. The topological polar surface area (TPSA) is 31.0 Å². The van der Waals surface area contributed by atoms with Gasteiger partial charge >= 0.3 is 0 Å². The Kier molecular flexibility index (Phi) is 3.55. The first-order valence-electron chi connectivity index (χ1n) is 10.7. The number of nitrogens with zero attached hydrogens (tertiary/aromatic N) is 2. The van der Waals surface area contributed by atoms with E-state index < -0.39 is 0 Å². The fourth-order valence-electron chi connectivity index (χ4n) is 4.70. The summed E-state index contributed by atoms with van der Waals surface area (Å²) in [5, 5.41) is 4.62. The minimum absolute atomic E-state index is 0.866. The van der Waals surface area contributed by atoms with Crippen molar-refractivity contribution in [1.82, 2.24) is 9.55 Å². The summed E-state index contributed by atoms with van der Waals surface area (Å²) in [4.78, 5) is 5.04. The van der Waals surface area contributed by atoms with Crippen LogP contribution in [-0.2, 0) is 0 Å². The van der Waals surface area contributed by atoms with Crippen LogP contribution < -0.4 is 0 Å². The highest BCUT2D eigenvalue weighted by Crippen LogP contribution is 2.38. The lowest BCUT2D eigenvalue weighted by atomic mass is 10.0. The van der Waals surface area contributed by atoms with E-state index in [1.807, 2.05) is 12.1 Å². The smallest absolute Gasteiger partial charge is 0.149 e. The molecular weight excluding hydrogens is 392 g/mol. The molecule has 0 amide bonds. The third-order valence-corrected chi connectivity index (χ3v) is 6.18. The zero-order chi connectivity index (χ0) is 21.1. The summed E-state index contributed by atoms with van der Waals surface area (Å²) < 4.78 is 8.70. The standard InChI is InChI=1S/C29H18N2O/c1-2-11-21(12-3-1)31-26-16-7-6-15-25(26)30-29(31)23-14-8-13-22-24-17-19-9-4-5-10-20(19)18-27(24)32-28(22)23/h1-18H. The Bertz CT molecular complexity index is 1770. The van der Waals surface area contributed by atoms with Gasteiger partial charge in [-0.3, -0.25) is 4.57 Å². The number of aromatic nitrogens is 2. The van der Waals surface area contributed by atoms with Gasteiger partial charge in [0.25, 0.3) is 0 Å². The van der Waals surface area contributed by atoms with Crippen LogP contribution in [0.3, 0.4) is 0 Å². The second-order valence-corrected chi connectivity index (χ2v) is 8.07. The van der Waals surface area contributed by atoms with E-state index in [1.165, 1.54) is 10.8 Å². The SMILES string of the molecule is c1ccc(-n2c(-c3cccc4c3oc3cc5ccccc5cc34)nc3ccccc32)cc1. The van der Waals surface area contributed by atoms with E-state index in [4.69, 9.17) is 9.40 Å². The maximum atomic E-state index is 6.48. The van der Waals surface area contributed by atoms with Crippen LogP contribution in [0, 0.1) is 0 Å². The van der Waals surface area contributed by atoms with Gasteiger partial charge in [-0.2, -0.15) is 0 Å². The highest BCUT2D eigenvalue weighted by atomic mass is 16.3. The summed E-state index contributed by atoms with van der Waals surface area (Å²) in [7, 11) is 0. The fourth-order valence-corrected chi connectivity index (χ4v) is 4.70. The van der Waals surface area contributed by atoms with E-state index in [1.54, 1.807) is 0 Å². The first kappa shape index (κ1) is 17.3. The molecule has 0 aliphatic heterocycles. The van der Waals surface area contributed by atoms with Gasteiger partial charge in [-0.15, -0.1) is 0 Å². The molecule has 3 heteroatoms. The second-order valence-electron chi connectivity index (χ2n) is 8.07. The van der Waals surface area contributed by atoms with Gasteiger partial charge in [0, 0.05) is 16.5 Å². The van der Waals surface area contributed by atoms with Crippen molar-refractivity contribution in [3.63, 3.8) is 0 Å². The van der Waals surface area contributed by atoms with Gasteiger partial charge in [-0.1, -0.05) is 66.7 Å². The van der Waals surface area contributed by atoms with Crippen LogP contribution in [0.25, 0.3) is 60.8 Å². The van der Waals surface area contributed by atoms with E-state index >= 15 is 0 Å². The highest BCUT2D eigenvalue weighted by molar-refractivity contribution is 6.13. The van der Waals surface area contributed by atoms with Crippen molar-refractivity contribution >= 4 is 43.7 Å². The zero-order valence-electron chi connectivity index (χ0n) is 17.2. The van der Waals surface area contributed by atoms with Gasteiger partial charge in [0.15, 0.2) is 0 Å². The van der Waals surface area contributed by atoms with Gasteiger partial charge in [0.05, 0.1) is 16.6 Å². The molecule has 0 spiro atoms. The Morgan fingerprint density at radius 2 is 1.38 bits per heavy atom. The first-order chi connectivity index (χ1) is 15.9. The lowest BCUT2D eigenvalue weighted by molar-refractivity contribution is 0.670. The second kappa shape index (κ2) is 6.56. The molecule has 7 rings (SSSR count). The molecule has 0 aliphatic carbocycles. The van der Waals surface area contributed by atoms with Gasteiger partial charge in [-0.25, -0.2) is 4.98 Å². The predicted octanol–water partition coefficient (Wildman–Crippen LogP) is 7.75. The molecule has 0 fully saturated rings. The quantitative estimate of drug-likeness (QED) is 0.292. The third-order valence-electron chi connectivity index (χ3n) is 6.18. The Balaban J connectivity index is 1.59. The number of benzene rings is 5. The van der Waals surface area contributed by atoms with E-state index in [-0.39, 0.29) is 0 Å². The molecule has 0 atom stereocenters.